The predicted molar refractivity (Wildman–Crippen MR) is 50.0 cm³/mol. The molecule has 0 bridgehead atoms. The second kappa shape index (κ2) is 4.66. The fraction of sp³-hybridized carbons (Fsp3) is 0.300. The minimum absolute atomic E-state index is 0.0650. The number of carbonyl (C=O) groups excluding carboxylic acids is 1. The molecular formula is C10H8F2N2O2. The van der Waals surface area contributed by atoms with E-state index in [9.17, 15) is 13.6 Å². The molecule has 0 saturated heterocycles. The molecule has 0 aliphatic heterocycles. The largest absolute Gasteiger partial charge is 0.464 e. The van der Waals surface area contributed by atoms with Crippen molar-refractivity contribution in [3.63, 3.8) is 0 Å². The molecule has 84 valence electrons. The van der Waals surface area contributed by atoms with Crippen LogP contribution in [0.1, 0.15) is 33.7 Å². The van der Waals surface area contributed by atoms with Crippen LogP contribution >= 0.6 is 0 Å². The summed E-state index contributed by atoms with van der Waals surface area (Å²) in [6.07, 6.45) is -2.84. The molecule has 0 fully saturated rings. The fourth-order valence-electron chi connectivity index (χ4n) is 1.17. The summed E-state index contributed by atoms with van der Waals surface area (Å²) in [5, 5.41) is 8.67. The maximum absolute atomic E-state index is 12.6. The van der Waals surface area contributed by atoms with Gasteiger partial charge in [-0.1, -0.05) is 0 Å². The summed E-state index contributed by atoms with van der Waals surface area (Å²) < 4.78 is 29.5. The third kappa shape index (κ3) is 2.14. The molecule has 4 nitrogen and oxygen atoms in total. The van der Waals surface area contributed by atoms with Crippen LogP contribution in [0.2, 0.25) is 0 Å². The summed E-state index contributed by atoms with van der Waals surface area (Å²) >= 11 is 0. The number of carbonyl (C=O) groups is 1. The molecule has 16 heavy (non-hydrogen) atoms. The number of hydrogen-bond acceptors (Lipinski definition) is 4. The highest BCUT2D eigenvalue weighted by Gasteiger charge is 2.22. The van der Waals surface area contributed by atoms with E-state index in [1.54, 1.807) is 6.07 Å². The lowest BCUT2D eigenvalue weighted by molar-refractivity contribution is 0.0581. The Balaban J connectivity index is 3.44. The van der Waals surface area contributed by atoms with Gasteiger partial charge in [0.05, 0.1) is 12.7 Å². The lowest BCUT2D eigenvalue weighted by atomic mass is 10.1. The van der Waals surface area contributed by atoms with E-state index in [4.69, 9.17) is 5.26 Å². The van der Waals surface area contributed by atoms with E-state index in [1.807, 2.05) is 0 Å². The summed E-state index contributed by atoms with van der Waals surface area (Å²) in [6, 6.07) is 2.79. The highest BCUT2D eigenvalue weighted by atomic mass is 19.3. The first kappa shape index (κ1) is 12.0. The maximum atomic E-state index is 12.6. The Labute approximate surface area is 90.5 Å². The quantitative estimate of drug-likeness (QED) is 0.723. The molecule has 0 amide bonds. The van der Waals surface area contributed by atoms with E-state index in [-0.39, 0.29) is 5.69 Å². The molecule has 6 heteroatoms. The number of aromatic nitrogens is 1. The van der Waals surface area contributed by atoms with E-state index in [0.29, 0.717) is 5.56 Å². The fourth-order valence-corrected chi connectivity index (χ4v) is 1.17. The summed E-state index contributed by atoms with van der Waals surface area (Å²) in [7, 11) is 1.06. The minimum Gasteiger partial charge on any atom is -0.464 e. The first-order chi connectivity index (χ1) is 7.51. The summed E-state index contributed by atoms with van der Waals surface area (Å²) in [5.74, 6) is -0.980. The zero-order valence-electron chi connectivity index (χ0n) is 8.62. The highest BCUT2D eigenvalue weighted by Crippen LogP contribution is 2.24. The lowest BCUT2D eigenvalue weighted by Crippen LogP contribution is -2.11. The number of nitrogens with zero attached hydrogens (tertiary/aromatic N) is 2. The van der Waals surface area contributed by atoms with Crippen molar-refractivity contribution in [3.05, 3.63) is 28.6 Å². The number of alkyl halides is 2. The number of aryl methyl sites for hydroxylation is 1. The molecule has 0 radical (unpaired) electrons. The van der Waals surface area contributed by atoms with Crippen molar-refractivity contribution >= 4 is 5.97 Å². The molecule has 0 unspecified atom stereocenters. The highest BCUT2D eigenvalue weighted by molar-refractivity contribution is 5.89. The molecular weight excluding hydrogens is 218 g/mol. The van der Waals surface area contributed by atoms with Gasteiger partial charge >= 0.3 is 5.97 Å². The second-order valence-electron chi connectivity index (χ2n) is 3.00. The van der Waals surface area contributed by atoms with Gasteiger partial charge in [-0.25, -0.2) is 18.6 Å². The summed E-state index contributed by atoms with van der Waals surface area (Å²) in [5.41, 5.74) is -0.807. The normalized spacial score (nSPS) is 10.0. The summed E-state index contributed by atoms with van der Waals surface area (Å²) in [4.78, 5) is 14.8. The van der Waals surface area contributed by atoms with E-state index in [2.05, 4.69) is 9.72 Å². The molecule has 0 spiro atoms. The molecule has 0 saturated carbocycles. The van der Waals surface area contributed by atoms with E-state index in [1.165, 1.54) is 6.92 Å². The Hall–Kier alpha value is -2.03. The Bertz CT molecular complexity index is 467. The number of halogens is 2. The molecule has 0 aromatic carbocycles. The number of ether oxygens (including phenoxy) is 1. The molecule has 1 rings (SSSR count). The molecule has 0 aliphatic rings. The number of nitriles is 1. The van der Waals surface area contributed by atoms with E-state index in [0.717, 1.165) is 13.2 Å². The number of hydrogen-bond donors (Lipinski definition) is 0. The average molecular weight is 226 g/mol. The SMILES string of the molecule is COC(=O)c1nc(C#N)c(C)cc1C(F)F. The Morgan fingerprint density at radius 2 is 2.25 bits per heavy atom. The first-order valence-corrected chi connectivity index (χ1v) is 4.29. The van der Waals surface area contributed by atoms with Crippen molar-refractivity contribution in [2.24, 2.45) is 0 Å². The standard InChI is InChI=1S/C10H8F2N2O2/c1-5-3-6(9(11)12)8(10(15)16-2)14-7(5)4-13/h3,9H,1-2H3. The van der Waals surface area contributed by atoms with Gasteiger partial charge in [0.2, 0.25) is 0 Å². The van der Waals surface area contributed by atoms with Gasteiger partial charge in [-0.2, -0.15) is 5.26 Å². The van der Waals surface area contributed by atoms with Gasteiger partial charge in [-0.3, -0.25) is 0 Å². The van der Waals surface area contributed by atoms with Gasteiger partial charge < -0.3 is 4.74 Å². The average Bonchev–Trinajstić information content (AvgIpc) is 2.27. The molecule has 1 aromatic heterocycles. The zero-order valence-corrected chi connectivity index (χ0v) is 8.62. The van der Waals surface area contributed by atoms with Gasteiger partial charge in [0.25, 0.3) is 6.43 Å². The third-order valence-electron chi connectivity index (χ3n) is 1.96. The van der Waals surface area contributed by atoms with Gasteiger partial charge in [0.15, 0.2) is 5.69 Å². The smallest absolute Gasteiger partial charge is 0.357 e. The van der Waals surface area contributed by atoms with Crippen molar-refractivity contribution in [1.29, 1.82) is 5.26 Å². The monoisotopic (exact) mass is 226 g/mol. The first-order valence-electron chi connectivity index (χ1n) is 4.29. The number of pyridine rings is 1. The Morgan fingerprint density at radius 1 is 1.62 bits per heavy atom. The van der Waals surface area contributed by atoms with Crippen LogP contribution in [0.3, 0.4) is 0 Å². The van der Waals surface area contributed by atoms with Gasteiger partial charge in [0, 0.05) is 0 Å². The van der Waals surface area contributed by atoms with Gasteiger partial charge in [-0.05, 0) is 18.6 Å². The minimum atomic E-state index is -2.84. The van der Waals surface area contributed by atoms with Crippen LogP contribution in [0, 0.1) is 18.3 Å². The lowest BCUT2D eigenvalue weighted by Gasteiger charge is -2.08. The Morgan fingerprint density at radius 3 is 2.69 bits per heavy atom. The van der Waals surface area contributed by atoms with E-state index >= 15 is 0 Å². The van der Waals surface area contributed by atoms with Crippen LogP contribution in [0.25, 0.3) is 0 Å². The van der Waals surface area contributed by atoms with E-state index < -0.39 is 23.7 Å². The van der Waals surface area contributed by atoms with Crippen LogP contribution in [-0.2, 0) is 4.74 Å². The molecule has 0 atom stereocenters. The number of rotatable bonds is 2. The van der Waals surface area contributed by atoms with Crippen molar-refractivity contribution in [1.82, 2.24) is 4.98 Å². The second-order valence-corrected chi connectivity index (χ2v) is 3.00. The predicted octanol–water partition coefficient (Wildman–Crippen LogP) is 1.99. The molecule has 1 heterocycles. The van der Waals surface area contributed by atoms with Gasteiger partial charge in [-0.15, -0.1) is 0 Å². The topological polar surface area (TPSA) is 63.0 Å². The van der Waals surface area contributed by atoms with Crippen molar-refractivity contribution in [3.8, 4) is 6.07 Å². The zero-order chi connectivity index (χ0) is 12.3. The van der Waals surface area contributed by atoms with Crippen molar-refractivity contribution < 1.29 is 18.3 Å². The van der Waals surface area contributed by atoms with Crippen LogP contribution in [0.4, 0.5) is 8.78 Å². The van der Waals surface area contributed by atoms with Crippen molar-refractivity contribution in [2.45, 2.75) is 13.3 Å². The van der Waals surface area contributed by atoms with Crippen LogP contribution < -0.4 is 0 Å². The summed E-state index contributed by atoms with van der Waals surface area (Å²) in [6.45, 7) is 1.47. The molecule has 0 N–H and O–H groups in total. The molecule has 0 aliphatic carbocycles. The maximum Gasteiger partial charge on any atom is 0.357 e. The van der Waals surface area contributed by atoms with Gasteiger partial charge in [0.1, 0.15) is 11.8 Å². The molecule has 1 aromatic rings. The number of methoxy groups -OCH3 is 1. The number of esters is 1. The van der Waals surface area contributed by atoms with Crippen molar-refractivity contribution in [2.75, 3.05) is 7.11 Å². The van der Waals surface area contributed by atoms with Crippen LogP contribution in [0.5, 0.6) is 0 Å². The Kier molecular flexibility index (Phi) is 3.51. The third-order valence-corrected chi connectivity index (χ3v) is 1.96. The van der Waals surface area contributed by atoms with Crippen LogP contribution in [-0.4, -0.2) is 18.1 Å². The van der Waals surface area contributed by atoms with Crippen LogP contribution in [0.15, 0.2) is 6.07 Å².